The lowest BCUT2D eigenvalue weighted by Gasteiger charge is -2.27. The Kier molecular flexibility index (Phi) is 4.61. The zero-order valence-corrected chi connectivity index (χ0v) is 11.4. The third-order valence-corrected chi connectivity index (χ3v) is 3.76. The van der Waals surface area contributed by atoms with E-state index in [9.17, 15) is 4.79 Å². The fraction of sp³-hybridized carbons (Fsp3) is 0.500. The van der Waals surface area contributed by atoms with E-state index in [1.165, 1.54) is 0 Å². The van der Waals surface area contributed by atoms with Crippen LogP contribution in [0.1, 0.15) is 18.4 Å². The number of carbonyl (C=O) groups excluding carboxylic acids is 1. The van der Waals surface area contributed by atoms with Gasteiger partial charge in [0.1, 0.15) is 0 Å². The summed E-state index contributed by atoms with van der Waals surface area (Å²) in [7, 11) is 1.85. The first-order valence-corrected chi connectivity index (χ1v) is 6.75. The Morgan fingerprint density at radius 3 is 2.94 bits per heavy atom. The van der Waals surface area contributed by atoms with E-state index in [0.717, 1.165) is 36.5 Å². The maximum absolute atomic E-state index is 12.3. The second kappa shape index (κ2) is 6.21. The van der Waals surface area contributed by atoms with Gasteiger partial charge in [-0.1, -0.05) is 29.8 Å². The van der Waals surface area contributed by atoms with Crippen LogP contribution in [-0.4, -0.2) is 30.9 Å². The smallest absolute Gasteiger partial charge is 0.227 e. The normalized spacial score (nSPS) is 19.6. The molecule has 98 valence electrons. The zero-order chi connectivity index (χ0) is 13.0. The second-order valence-corrected chi connectivity index (χ2v) is 5.24. The van der Waals surface area contributed by atoms with Crippen molar-refractivity contribution in [1.82, 2.24) is 10.2 Å². The summed E-state index contributed by atoms with van der Waals surface area (Å²) < 4.78 is 0. The highest BCUT2D eigenvalue weighted by atomic mass is 35.5. The third kappa shape index (κ3) is 3.24. The van der Waals surface area contributed by atoms with Gasteiger partial charge in [-0.05, 0) is 31.0 Å². The van der Waals surface area contributed by atoms with Gasteiger partial charge in [-0.25, -0.2) is 0 Å². The standard InChI is InChI=1S/C14H19ClN2O/c1-17(10-12-5-2-3-7-13(12)15)14(18)11-6-4-8-16-9-11/h2-3,5,7,11,16H,4,6,8-10H2,1H3/t11-/m0/s1. The maximum atomic E-state index is 12.3. The van der Waals surface area contributed by atoms with E-state index >= 15 is 0 Å². The Bertz CT molecular complexity index is 416. The molecule has 1 atom stereocenters. The SMILES string of the molecule is CN(Cc1ccccc1Cl)C(=O)[C@H]1CCCNC1. The molecule has 3 nitrogen and oxygen atoms in total. The lowest BCUT2D eigenvalue weighted by atomic mass is 9.98. The molecule has 1 saturated heterocycles. The van der Waals surface area contributed by atoms with E-state index in [2.05, 4.69) is 5.32 Å². The molecule has 4 heteroatoms. The average Bonchev–Trinajstić information content (AvgIpc) is 2.41. The summed E-state index contributed by atoms with van der Waals surface area (Å²) in [6.07, 6.45) is 2.06. The molecule has 18 heavy (non-hydrogen) atoms. The molecule has 0 unspecified atom stereocenters. The summed E-state index contributed by atoms with van der Waals surface area (Å²) in [5.74, 6) is 0.327. The monoisotopic (exact) mass is 266 g/mol. The van der Waals surface area contributed by atoms with Gasteiger partial charge >= 0.3 is 0 Å². The van der Waals surface area contributed by atoms with E-state index in [1.54, 1.807) is 4.90 Å². The summed E-state index contributed by atoms with van der Waals surface area (Å²) in [6, 6.07) is 7.67. The average molecular weight is 267 g/mol. The first kappa shape index (κ1) is 13.4. The molecule has 0 aliphatic carbocycles. The number of rotatable bonds is 3. The number of hydrogen-bond acceptors (Lipinski definition) is 2. The summed E-state index contributed by atoms with van der Waals surface area (Å²) in [4.78, 5) is 14.0. The minimum atomic E-state index is 0.117. The fourth-order valence-electron chi connectivity index (χ4n) is 2.33. The Morgan fingerprint density at radius 1 is 1.50 bits per heavy atom. The number of nitrogens with one attached hydrogen (secondary N) is 1. The Hall–Kier alpha value is -1.06. The van der Waals surface area contributed by atoms with Gasteiger partial charge in [0.2, 0.25) is 5.91 Å². The predicted molar refractivity (Wildman–Crippen MR) is 73.5 cm³/mol. The van der Waals surface area contributed by atoms with Crippen molar-refractivity contribution in [3.05, 3.63) is 34.9 Å². The van der Waals surface area contributed by atoms with Crippen LogP contribution in [0.2, 0.25) is 5.02 Å². The van der Waals surface area contributed by atoms with E-state index in [4.69, 9.17) is 11.6 Å². The van der Waals surface area contributed by atoms with Gasteiger partial charge in [0, 0.05) is 25.2 Å². The van der Waals surface area contributed by atoms with Crippen LogP contribution in [0.3, 0.4) is 0 Å². The van der Waals surface area contributed by atoms with Gasteiger partial charge in [0.05, 0.1) is 5.92 Å². The number of carbonyl (C=O) groups is 1. The van der Waals surface area contributed by atoms with E-state index in [-0.39, 0.29) is 11.8 Å². The molecule has 1 aromatic rings. The molecule has 1 heterocycles. The highest BCUT2D eigenvalue weighted by molar-refractivity contribution is 6.31. The van der Waals surface area contributed by atoms with Crippen molar-refractivity contribution < 1.29 is 4.79 Å². The minimum Gasteiger partial charge on any atom is -0.341 e. The van der Waals surface area contributed by atoms with Crippen molar-refractivity contribution in [3.8, 4) is 0 Å². The molecule has 0 radical (unpaired) electrons. The van der Waals surface area contributed by atoms with Gasteiger partial charge in [0.15, 0.2) is 0 Å². The molecule has 1 fully saturated rings. The quantitative estimate of drug-likeness (QED) is 0.911. The highest BCUT2D eigenvalue weighted by Crippen LogP contribution is 2.19. The third-order valence-electron chi connectivity index (χ3n) is 3.39. The predicted octanol–water partition coefficient (Wildman–Crippen LogP) is 2.30. The molecule has 1 aliphatic heterocycles. The zero-order valence-electron chi connectivity index (χ0n) is 10.7. The lowest BCUT2D eigenvalue weighted by molar-refractivity contribution is -0.135. The van der Waals surface area contributed by atoms with Crippen molar-refractivity contribution >= 4 is 17.5 Å². The highest BCUT2D eigenvalue weighted by Gasteiger charge is 2.24. The topological polar surface area (TPSA) is 32.3 Å². The minimum absolute atomic E-state index is 0.117. The number of hydrogen-bond donors (Lipinski definition) is 1. The lowest BCUT2D eigenvalue weighted by Crippen LogP contribution is -2.41. The van der Waals surface area contributed by atoms with E-state index in [1.807, 2.05) is 31.3 Å². The van der Waals surface area contributed by atoms with Crippen LogP contribution >= 0.6 is 11.6 Å². The molecule has 1 amide bonds. The van der Waals surface area contributed by atoms with Crippen molar-refractivity contribution in [3.63, 3.8) is 0 Å². The largest absolute Gasteiger partial charge is 0.341 e. The van der Waals surface area contributed by atoms with E-state index < -0.39 is 0 Å². The summed E-state index contributed by atoms with van der Waals surface area (Å²) in [5.41, 5.74) is 0.999. The van der Waals surface area contributed by atoms with Gasteiger partial charge in [-0.15, -0.1) is 0 Å². The van der Waals surface area contributed by atoms with Gasteiger partial charge in [-0.2, -0.15) is 0 Å². The number of nitrogens with zero attached hydrogens (tertiary/aromatic N) is 1. The van der Waals surface area contributed by atoms with E-state index in [0.29, 0.717) is 6.54 Å². The van der Waals surface area contributed by atoms with Crippen LogP contribution in [0.5, 0.6) is 0 Å². The van der Waals surface area contributed by atoms with Gasteiger partial charge in [0.25, 0.3) is 0 Å². The molecule has 1 aliphatic rings. The molecule has 0 aromatic heterocycles. The summed E-state index contributed by atoms with van der Waals surface area (Å²) in [5, 5.41) is 3.99. The van der Waals surface area contributed by atoms with Crippen molar-refractivity contribution in [1.29, 1.82) is 0 Å². The van der Waals surface area contributed by atoms with Crippen LogP contribution in [0, 0.1) is 5.92 Å². The fourth-order valence-corrected chi connectivity index (χ4v) is 2.53. The van der Waals surface area contributed by atoms with Crippen LogP contribution in [0.4, 0.5) is 0 Å². The second-order valence-electron chi connectivity index (χ2n) is 4.83. The van der Waals surface area contributed by atoms with Crippen LogP contribution in [-0.2, 0) is 11.3 Å². The Morgan fingerprint density at radius 2 is 2.28 bits per heavy atom. The summed E-state index contributed by atoms with van der Waals surface area (Å²) >= 11 is 6.11. The maximum Gasteiger partial charge on any atom is 0.227 e. The Balaban J connectivity index is 1.96. The van der Waals surface area contributed by atoms with Crippen LogP contribution in [0.25, 0.3) is 0 Å². The van der Waals surface area contributed by atoms with Crippen molar-refractivity contribution in [2.75, 3.05) is 20.1 Å². The summed E-state index contributed by atoms with van der Waals surface area (Å²) in [6.45, 7) is 2.40. The van der Waals surface area contributed by atoms with Crippen molar-refractivity contribution in [2.24, 2.45) is 5.92 Å². The van der Waals surface area contributed by atoms with Crippen molar-refractivity contribution in [2.45, 2.75) is 19.4 Å². The number of amides is 1. The molecule has 0 saturated carbocycles. The molecular weight excluding hydrogens is 248 g/mol. The number of halogens is 1. The molecular formula is C14H19ClN2O. The number of benzene rings is 1. The van der Waals surface area contributed by atoms with Crippen LogP contribution in [0.15, 0.2) is 24.3 Å². The van der Waals surface area contributed by atoms with Gasteiger partial charge < -0.3 is 10.2 Å². The number of piperidine rings is 1. The first-order valence-electron chi connectivity index (χ1n) is 6.37. The molecule has 1 aromatic carbocycles. The van der Waals surface area contributed by atoms with Crippen LogP contribution < -0.4 is 5.32 Å². The molecule has 2 rings (SSSR count). The van der Waals surface area contributed by atoms with Gasteiger partial charge in [-0.3, -0.25) is 4.79 Å². The molecule has 0 bridgehead atoms. The molecule has 0 spiro atoms. The molecule has 1 N–H and O–H groups in total. The Labute approximate surface area is 113 Å². The first-order chi connectivity index (χ1) is 8.68.